The summed E-state index contributed by atoms with van der Waals surface area (Å²) < 4.78 is 7.06. The summed E-state index contributed by atoms with van der Waals surface area (Å²) in [5.41, 5.74) is 2.61. The van der Waals surface area contributed by atoms with Gasteiger partial charge in [-0.15, -0.1) is 0 Å². The first-order valence-corrected chi connectivity index (χ1v) is 8.77. The predicted molar refractivity (Wildman–Crippen MR) is 96.1 cm³/mol. The number of halogens is 1. The van der Waals surface area contributed by atoms with Gasteiger partial charge in [0.2, 0.25) is 0 Å². The Morgan fingerprint density at radius 2 is 1.88 bits per heavy atom. The summed E-state index contributed by atoms with van der Waals surface area (Å²) >= 11 is 3.46. The van der Waals surface area contributed by atoms with Gasteiger partial charge in [0, 0.05) is 23.6 Å². The monoisotopic (exact) mass is 389 g/mol. The highest BCUT2D eigenvalue weighted by atomic mass is 79.9. The molecule has 3 rings (SSSR count). The molecule has 0 spiro atoms. The van der Waals surface area contributed by atoms with Gasteiger partial charge in [-0.3, -0.25) is 4.90 Å². The number of nitrogens with zero attached hydrogens (tertiary/aromatic N) is 1. The lowest BCUT2D eigenvalue weighted by Gasteiger charge is -2.39. The summed E-state index contributed by atoms with van der Waals surface area (Å²) in [6.45, 7) is 4.53. The molecule has 2 unspecified atom stereocenters. The number of ether oxygens (including phenoxy) is 1. The summed E-state index contributed by atoms with van der Waals surface area (Å²) in [5.74, 6) is -0.892. The highest BCUT2D eigenvalue weighted by Crippen LogP contribution is 2.30. The van der Waals surface area contributed by atoms with Crippen LogP contribution >= 0.6 is 15.9 Å². The average molecular weight is 390 g/mol. The molecule has 0 aromatic heterocycles. The number of hydrogen-bond acceptors (Lipinski definition) is 3. The van der Waals surface area contributed by atoms with Crippen LogP contribution in [0.3, 0.4) is 0 Å². The van der Waals surface area contributed by atoms with Crippen LogP contribution in [0, 0.1) is 0 Å². The van der Waals surface area contributed by atoms with E-state index < -0.39 is 5.97 Å². The molecule has 24 heavy (non-hydrogen) atoms. The summed E-state index contributed by atoms with van der Waals surface area (Å²) in [6, 6.07) is 15.6. The van der Waals surface area contributed by atoms with Crippen LogP contribution in [0.1, 0.15) is 34.5 Å². The molecule has 1 fully saturated rings. The van der Waals surface area contributed by atoms with Crippen molar-refractivity contribution in [1.29, 1.82) is 0 Å². The average Bonchev–Trinajstić information content (AvgIpc) is 2.58. The van der Waals surface area contributed by atoms with E-state index in [4.69, 9.17) is 9.84 Å². The Hall–Kier alpha value is -1.69. The molecule has 1 aliphatic rings. The van der Waals surface area contributed by atoms with Crippen LogP contribution in [0.5, 0.6) is 0 Å². The number of morpholine rings is 1. The molecule has 1 N–H and O–H groups in total. The molecule has 4 nitrogen and oxygen atoms in total. The van der Waals surface area contributed by atoms with Gasteiger partial charge in [-0.1, -0.05) is 40.2 Å². The molecule has 1 saturated heterocycles. The number of benzene rings is 2. The maximum absolute atomic E-state index is 10.9. The molecule has 0 bridgehead atoms. The number of carbonyl (C=O) groups is 1. The molecule has 126 valence electrons. The Kier molecular flexibility index (Phi) is 5.33. The fourth-order valence-electron chi connectivity index (χ4n) is 3.07. The second kappa shape index (κ2) is 7.47. The third kappa shape index (κ3) is 3.86. The van der Waals surface area contributed by atoms with E-state index >= 15 is 0 Å². The molecule has 0 aliphatic carbocycles. The van der Waals surface area contributed by atoms with Gasteiger partial charge in [-0.2, -0.15) is 0 Å². The number of carboxylic acid groups (broad SMARTS) is 1. The summed E-state index contributed by atoms with van der Waals surface area (Å²) in [7, 11) is 0. The van der Waals surface area contributed by atoms with Gasteiger partial charge < -0.3 is 9.84 Å². The zero-order chi connectivity index (χ0) is 17.1. The van der Waals surface area contributed by atoms with Gasteiger partial charge in [0.1, 0.15) is 0 Å². The molecule has 2 atom stereocenters. The topological polar surface area (TPSA) is 49.8 Å². The minimum absolute atomic E-state index is 0.0464. The van der Waals surface area contributed by atoms with Crippen molar-refractivity contribution in [2.45, 2.75) is 25.6 Å². The van der Waals surface area contributed by atoms with Crippen LogP contribution in [-0.2, 0) is 11.3 Å². The fourth-order valence-corrected chi connectivity index (χ4v) is 3.33. The summed E-state index contributed by atoms with van der Waals surface area (Å²) in [5, 5.41) is 8.99. The second-order valence-electron chi connectivity index (χ2n) is 6.06. The molecular formula is C19H20BrNO3. The molecule has 0 saturated carbocycles. The van der Waals surface area contributed by atoms with E-state index in [2.05, 4.69) is 39.9 Å². The lowest BCUT2D eigenvalue weighted by Crippen LogP contribution is -2.44. The van der Waals surface area contributed by atoms with E-state index in [1.807, 2.05) is 24.3 Å². The molecule has 2 aromatic carbocycles. The molecule has 2 aromatic rings. The van der Waals surface area contributed by atoms with Crippen molar-refractivity contribution in [1.82, 2.24) is 4.90 Å². The Bertz CT molecular complexity index is 700. The standard InChI is InChI=1S/C19H20BrNO3/c1-13-18(15-6-8-17(20)9-7-15)24-11-10-21(13)12-14-2-4-16(5-3-14)19(22)23/h2-9,13,18H,10-12H2,1H3,(H,22,23). The maximum Gasteiger partial charge on any atom is 0.335 e. The van der Waals surface area contributed by atoms with Crippen LogP contribution in [0.15, 0.2) is 53.0 Å². The van der Waals surface area contributed by atoms with Crippen LogP contribution < -0.4 is 0 Å². The zero-order valence-corrected chi connectivity index (χ0v) is 15.1. The van der Waals surface area contributed by atoms with Gasteiger partial charge in [-0.05, 0) is 42.3 Å². The quantitative estimate of drug-likeness (QED) is 0.854. The number of rotatable bonds is 4. The van der Waals surface area contributed by atoms with Crippen molar-refractivity contribution in [3.63, 3.8) is 0 Å². The Labute approximate surface area is 150 Å². The van der Waals surface area contributed by atoms with Crippen LogP contribution in [0.25, 0.3) is 0 Å². The molecule has 0 radical (unpaired) electrons. The van der Waals surface area contributed by atoms with Crippen molar-refractivity contribution in [3.05, 3.63) is 69.7 Å². The van der Waals surface area contributed by atoms with Crippen LogP contribution in [0.2, 0.25) is 0 Å². The molecular weight excluding hydrogens is 370 g/mol. The summed E-state index contributed by atoms with van der Waals surface area (Å²) in [4.78, 5) is 13.3. The molecule has 0 amide bonds. The fraction of sp³-hybridized carbons (Fsp3) is 0.316. The number of carboxylic acids is 1. The van der Waals surface area contributed by atoms with Crippen molar-refractivity contribution >= 4 is 21.9 Å². The highest BCUT2D eigenvalue weighted by Gasteiger charge is 2.29. The SMILES string of the molecule is CC1C(c2ccc(Br)cc2)OCCN1Cc1ccc(C(=O)O)cc1. The van der Waals surface area contributed by atoms with Crippen LogP contribution in [0.4, 0.5) is 0 Å². The Balaban J connectivity index is 1.71. The van der Waals surface area contributed by atoms with Crippen molar-refractivity contribution in [2.24, 2.45) is 0 Å². The minimum Gasteiger partial charge on any atom is -0.478 e. The number of hydrogen-bond donors (Lipinski definition) is 1. The largest absolute Gasteiger partial charge is 0.478 e. The Morgan fingerprint density at radius 3 is 2.50 bits per heavy atom. The normalized spacial score (nSPS) is 21.6. The van der Waals surface area contributed by atoms with E-state index in [1.54, 1.807) is 12.1 Å². The van der Waals surface area contributed by atoms with E-state index in [9.17, 15) is 4.79 Å². The van der Waals surface area contributed by atoms with E-state index in [0.717, 1.165) is 23.1 Å². The van der Waals surface area contributed by atoms with Gasteiger partial charge >= 0.3 is 5.97 Å². The predicted octanol–water partition coefficient (Wildman–Crippen LogP) is 4.11. The Morgan fingerprint density at radius 1 is 1.21 bits per heavy atom. The highest BCUT2D eigenvalue weighted by molar-refractivity contribution is 9.10. The van der Waals surface area contributed by atoms with E-state index in [-0.39, 0.29) is 12.1 Å². The smallest absolute Gasteiger partial charge is 0.335 e. The lowest BCUT2D eigenvalue weighted by molar-refractivity contribution is -0.0702. The molecule has 5 heteroatoms. The maximum atomic E-state index is 10.9. The van der Waals surface area contributed by atoms with Gasteiger partial charge in [0.25, 0.3) is 0 Å². The first-order valence-electron chi connectivity index (χ1n) is 7.98. The molecule has 1 heterocycles. The second-order valence-corrected chi connectivity index (χ2v) is 6.97. The summed E-state index contributed by atoms with van der Waals surface area (Å²) in [6.07, 6.45) is 0.0464. The van der Waals surface area contributed by atoms with Crippen molar-refractivity contribution in [2.75, 3.05) is 13.2 Å². The third-order valence-corrected chi connectivity index (χ3v) is 5.00. The lowest BCUT2D eigenvalue weighted by atomic mass is 10.00. The first kappa shape index (κ1) is 17.1. The van der Waals surface area contributed by atoms with Gasteiger partial charge in [-0.25, -0.2) is 4.79 Å². The van der Waals surface area contributed by atoms with Gasteiger partial charge in [0.05, 0.1) is 18.3 Å². The van der Waals surface area contributed by atoms with Crippen molar-refractivity contribution in [3.8, 4) is 0 Å². The zero-order valence-electron chi connectivity index (χ0n) is 13.5. The number of aromatic carboxylic acids is 1. The third-order valence-electron chi connectivity index (χ3n) is 4.48. The first-order chi connectivity index (χ1) is 11.5. The molecule has 1 aliphatic heterocycles. The van der Waals surface area contributed by atoms with E-state index in [1.165, 1.54) is 5.56 Å². The van der Waals surface area contributed by atoms with Crippen LogP contribution in [-0.4, -0.2) is 35.2 Å². The van der Waals surface area contributed by atoms with E-state index in [0.29, 0.717) is 12.2 Å². The van der Waals surface area contributed by atoms with Gasteiger partial charge in [0.15, 0.2) is 0 Å². The van der Waals surface area contributed by atoms with Crippen molar-refractivity contribution < 1.29 is 14.6 Å². The minimum atomic E-state index is -0.892.